The molecule has 4 rings (SSSR count). The van der Waals surface area contributed by atoms with E-state index in [1.807, 2.05) is 42.3 Å². The minimum atomic E-state index is -0.497. The first kappa shape index (κ1) is 20.4. The molecule has 7 heteroatoms. The molecule has 3 aliphatic rings. The Hall–Kier alpha value is -2.83. The van der Waals surface area contributed by atoms with E-state index in [2.05, 4.69) is 18.7 Å². The minimum absolute atomic E-state index is 0.181. The van der Waals surface area contributed by atoms with Crippen LogP contribution in [0.2, 0.25) is 0 Å². The molecule has 0 spiro atoms. The zero-order valence-corrected chi connectivity index (χ0v) is 18.3. The van der Waals surface area contributed by atoms with Gasteiger partial charge in [0, 0.05) is 25.5 Å². The van der Waals surface area contributed by atoms with Gasteiger partial charge in [-0.05, 0) is 25.8 Å². The maximum absolute atomic E-state index is 13.4. The topological polar surface area (TPSA) is 59.5 Å². The van der Waals surface area contributed by atoms with E-state index in [4.69, 9.17) is 4.99 Å². The Balaban J connectivity index is 1.53. The van der Waals surface area contributed by atoms with Crippen molar-refractivity contribution in [1.82, 2.24) is 19.6 Å². The van der Waals surface area contributed by atoms with E-state index in [-0.39, 0.29) is 18.5 Å². The van der Waals surface area contributed by atoms with E-state index in [1.54, 1.807) is 11.9 Å². The van der Waals surface area contributed by atoms with Gasteiger partial charge in [0.2, 0.25) is 5.96 Å². The van der Waals surface area contributed by atoms with Gasteiger partial charge in [0.1, 0.15) is 0 Å². The summed E-state index contributed by atoms with van der Waals surface area (Å²) < 4.78 is 0. The Morgan fingerprint density at radius 1 is 1.00 bits per heavy atom. The maximum Gasteiger partial charge on any atom is 0.328 e. The highest BCUT2D eigenvalue weighted by molar-refractivity contribution is 6.04. The number of rotatable bonds is 7. The van der Waals surface area contributed by atoms with Crippen LogP contribution < -0.4 is 0 Å². The van der Waals surface area contributed by atoms with Gasteiger partial charge in [-0.3, -0.25) is 9.69 Å². The van der Waals surface area contributed by atoms with Crippen molar-refractivity contribution in [2.75, 3.05) is 13.6 Å². The number of carbonyl (C=O) groups excluding carboxylic acids is 2. The molecule has 1 aromatic carbocycles. The van der Waals surface area contributed by atoms with E-state index in [9.17, 15) is 9.59 Å². The van der Waals surface area contributed by atoms with Crippen molar-refractivity contribution in [1.29, 1.82) is 0 Å². The number of amides is 3. The summed E-state index contributed by atoms with van der Waals surface area (Å²) in [4.78, 5) is 38.3. The van der Waals surface area contributed by atoms with Gasteiger partial charge in [-0.1, -0.05) is 56.0 Å². The molecule has 7 nitrogen and oxygen atoms in total. The second-order valence-corrected chi connectivity index (χ2v) is 8.48. The van der Waals surface area contributed by atoms with Gasteiger partial charge in [-0.2, -0.15) is 0 Å². The second-order valence-electron chi connectivity index (χ2n) is 8.48. The third kappa shape index (κ3) is 3.46. The molecule has 2 unspecified atom stereocenters. The fraction of sp³-hybridized carbons (Fsp3) is 0.522. The van der Waals surface area contributed by atoms with Crippen LogP contribution >= 0.6 is 0 Å². The summed E-state index contributed by atoms with van der Waals surface area (Å²) in [6.45, 7) is 7.44. The first-order valence-electron chi connectivity index (χ1n) is 10.9. The Morgan fingerprint density at radius 2 is 1.73 bits per heavy atom. The van der Waals surface area contributed by atoms with Gasteiger partial charge < -0.3 is 14.7 Å². The average Bonchev–Trinajstić information content (AvgIpc) is 3.24. The maximum atomic E-state index is 13.4. The van der Waals surface area contributed by atoms with Crippen LogP contribution in [0, 0.1) is 6.92 Å². The number of imide groups is 1. The third-order valence-corrected chi connectivity index (χ3v) is 6.20. The molecule has 160 valence electrons. The summed E-state index contributed by atoms with van der Waals surface area (Å²) in [5.74, 6) is 0.614. The van der Waals surface area contributed by atoms with Crippen LogP contribution in [0.1, 0.15) is 50.7 Å². The summed E-state index contributed by atoms with van der Waals surface area (Å²) >= 11 is 0. The minimum Gasteiger partial charge on any atom is -0.315 e. The third-order valence-electron chi connectivity index (χ3n) is 6.20. The fourth-order valence-electron chi connectivity index (χ4n) is 4.40. The number of unbranched alkanes of at least 4 members (excludes halogenated alkanes) is 3. The summed E-state index contributed by atoms with van der Waals surface area (Å²) in [6.07, 6.45) is 6.23. The van der Waals surface area contributed by atoms with Gasteiger partial charge >= 0.3 is 6.03 Å². The number of guanidine groups is 1. The fourth-order valence-corrected chi connectivity index (χ4v) is 4.40. The van der Waals surface area contributed by atoms with Crippen molar-refractivity contribution in [3.63, 3.8) is 0 Å². The number of benzene rings is 1. The Kier molecular flexibility index (Phi) is 5.54. The van der Waals surface area contributed by atoms with Gasteiger partial charge in [-0.15, -0.1) is 0 Å². The van der Waals surface area contributed by atoms with E-state index >= 15 is 0 Å². The molecular formula is C23H31N5O2. The Labute approximate surface area is 178 Å². The van der Waals surface area contributed by atoms with E-state index in [1.165, 1.54) is 24.2 Å². The lowest BCUT2D eigenvalue weighted by molar-refractivity contribution is -0.137. The first-order valence-corrected chi connectivity index (χ1v) is 10.9. The number of aliphatic imine (C=N–C) groups is 1. The number of allylic oxidation sites excluding steroid dienone is 1. The van der Waals surface area contributed by atoms with Gasteiger partial charge in [0.15, 0.2) is 12.2 Å². The summed E-state index contributed by atoms with van der Waals surface area (Å²) in [7, 11) is 1.74. The number of hydrogen-bond acceptors (Lipinski definition) is 5. The van der Waals surface area contributed by atoms with E-state index in [0.29, 0.717) is 0 Å². The van der Waals surface area contributed by atoms with Gasteiger partial charge in [-0.25, -0.2) is 9.79 Å². The Bertz CT molecular complexity index is 891. The van der Waals surface area contributed by atoms with Crippen LogP contribution in [0.15, 0.2) is 41.2 Å². The molecule has 1 saturated heterocycles. The summed E-state index contributed by atoms with van der Waals surface area (Å²) in [5, 5.41) is 0. The molecule has 0 bridgehead atoms. The van der Waals surface area contributed by atoms with Crippen LogP contribution in [0.5, 0.6) is 0 Å². The molecule has 0 radical (unpaired) electrons. The zero-order chi connectivity index (χ0) is 21.4. The highest BCUT2D eigenvalue weighted by Crippen LogP contribution is 2.34. The van der Waals surface area contributed by atoms with Crippen molar-refractivity contribution in [3.8, 4) is 0 Å². The molecule has 0 saturated carbocycles. The van der Waals surface area contributed by atoms with Gasteiger partial charge in [0.25, 0.3) is 5.91 Å². The SMILES string of the molecule is CCCCCCN1C(C)=CN2C1=NC1C2C(=O)N(Cc2ccc(C)cc2)C(=O)N1C. The number of urea groups is 1. The molecule has 3 aliphatic heterocycles. The largest absolute Gasteiger partial charge is 0.328 e. The van der Waals surface area contributed by atoms with Gasteiger partial charge in [0.05, 0.1) is 6.54 Å². The van der Waals surface area contributed by atoms with Crippen LogP contribution in [0.4, 0.5) is 4.79 Å². The summed E-state index contributed by atoms with van der Waals surface area (Å²) in [6, 6.07) is 7.15. The van der Waals surface area contributed by atoms with Crippen molar-refractivity contribution in [2.24, 2.45) is 4.99 Å². The van der Waals surface area contributed by atoms with Crippen LogP contribution in [0.25, 0.3) is 0 Å². The molecule has 0 aliphatic carbocycles. The number of hydrogen-bond donors (Lipinski definition) is 0. The van der Waals surface area contributed by atoms with Crippen molar-refractivity contribution < 1.29 is 9.59 Å². The van der Waals surface area contributed by atoms with Crippen LogP contribution in [0.3, 0.4) is 0 Å². The second kappa shape index (κ2) is 8.13. The van der Waals surface area contributed by atoms with Crippen molar-refractivity contribution in [3.05, 3.63) is 47.3 Å². The quantitative estimate of drug-likeness (QED) is 0.647. The number of likely N-dealkylation sites (N-methyl/N-ethyl adjacent to an activating group) is 1. The van der Waals surface area contributed by atoms with Crippen LogP contribution in [-0.2, 0) is 11.3 Å². The average molecular weight is 410 g/mol. The number of fused-ring (bicyclic) bond motifs is 3. The molecule has 0 N–H and O–H groups in total. The van der Waals surface area contributed by atoms with E-state index < -0.39 is 12.2 Å². The first-order chi connectivity index (χ1) is 14.4. The normalized spacial score (nSPS) is 23.1. The lowest BCUT2D eigenvalue weighted by atomic mass is 10.1. The lowest BCUT2D eigenvalue weighted by Gasteiger charge is -2.40. The monoisotopic (exact) mass is 409 g/mol. The molecule has 3 heterocycles. The molecular weight excluding hydrogens is 378 g/mol. The van der Waals surface area contributed by atoms with Crippen LogP contribution in [-0.4, -0.2) is 63.3 Å². The predicted octanol–water partition coefficient (Wildman–Crippen LogP) is 3.51. The number of aryl methyl sites for hydroxylation is 1. The standard InChI is InChI=1S/C23H31N5O2/c1-5-6-7-8-13-26-17(3)14-27-19-20(24-22(26)27)25(4)23(30)28(21(19)29)15-18-11-9-16(2)10-12-18/h9-12,14,19-20H,5-8,13,15H2,1-4H3. The molecule has 2 atom stereocenters. The van der Waals surface area contributed by atoms with Crippen molar-refractivity contribution in [2.45, 2.75) is 65.2 Å². The highest BCUT2D eigenvalue weighted by Gasteiger charge is 2.54. The van der Waals surface area contributed by atoms with Crippen molar-refractivity contribution >= 4 is 17.9 Å². The zero-order valence-electron chi connectivity index (χ0n) is 18.3. The Morgan fingerprint density at radius 3 is 2.43 bits per heavy atom. The summed E-state index contributed by atoms with van der Waals surface area (Å²) in [5.41, 5.74) is 3.19. The molecule has 1 fully saturated rings. The lowest BCUT2D eigenvalue weighted by Crippen LogP contribution is -2.63. The molecule has 0 aromatic heterocycles. The number of carbonyl (C=O) groups is 2. The highest BCUT2D eigenvalue weighted by atomic mass is 16.2. The molecule has 3 amide bonds. The predicted molar refractivity (Wildman–Crippen MR) is 116 cm³/mol. The smallest absolute Gasteiger partial charge is 0.315 e. The number of nitrogens with zero attached hydrogens (tertiary/aromatic N) is 5. The van der Waals surface area contributed by atoms with E-state index in [0.717, 1.165) is 35.7 Å². The molecule has 1 aromatic rings. The molecule has 30 heavy (non-hydrogen) atoms.